The summed E-state index contributed by atoms with van der Waals surface area (Å²) in [7, 11) is -4.20. The van der Waals surface area contributed by atoms with Crippen molar-refractivity contribution in [3.8, 4) is 0 Å². The molecule has 0 heterocycles. The zero-order chi connectivity index (χ0) is 25.0. The first kappa shape index (κ1) is 25.4. The molecule has 1 unspecified atom stereocenters. The molecule has 0 aliphatic rings. The van der Waals surface area contributed by atoms with Gasteiger partial charge in [-0.1, -0.05) is 29.3 Å². The van der Waals surface area contributed by atoms with Crippen molar-refractivity contribution in [3.63, 3.8) is 0 Å². The summed E-state index contributed by atoms with van der Waals surface area (Å²) in [5, 5.41) is 2.88. The van der Waals surface area contributed by atoms with E-state index in [1.807, 2.05) is 0 Å². The van der Waals surface area contributed by atoms with Crippen LogP contribution in [-0.4, -0.2) is 26.4 Å². The number of carbonyl (C=O) groups is 2. The number of benzene rings is 3. The van der Waals surface area contributed by atoms with Gasteiger partial charge in [0.2, 0.25) is 0 Å². The monoisotopic (exact) mass is 528 g/mol. The molecule has 12 heteroatoms. The second kappa shape index (κ2) is 10.4. The molecule has 0 fully saturated rings. The third kappa shape index (κ3) is 6.02. The number of anilines is 2. The number of rotatable bonds is 7. The van der Waals surface area contributed by atoms with Crippen LogP contribution in [0.2, 0.25) is 10.0 Å². The molecule has 3 aromatic rings. The summed E-state index contributed by atoms with van der Waals surface area (Å²) in [5.74, 6) is -3.97. The van der Waals surface area contributed by atoms with Crippen molar-refractivity contribution in [1.29, 1.82) is 0 Å². The Kier molecular flexibility index (Phi) is 7.75. The van der Waals surface area contributed by atoms with Crippen molar-refractivity contribution < 1.29 is 31.5 Å². The van der Waals surface area contributed by atoms with Crippen LogP contribution in [-0.2, 0) is 19.6 Å². The predicted molar refractivity (Wildman–Crippen MR) is 124 cm³/mol. The predicted octanol–water partition coefficient (Wildman–Crippen LogP) is 5.26. The Bertz CT molecular complexity index is 1350. The third-order valence-corrected chi connectivity index (χ3v) is 6.63. The van der Waals surface area contributed by atoms with E-state index in [4.69, 9.17) is 27.9 Å². The fourth-order valence-corrected chi connectivity index (χ4v) is 4.07. The maximum absolute atomic E-state index is 13.4. The lowest BCUT2D eigenvalue weighted by Crippen LogP contribution is -2.30. The largest absolute Gasteiger partial charge is 0.449 e. The summed E-state index contributed by atoms with van der Waals surface area (Å²) in [4.78, 5) is 24.2. The zero-order valence-corrected chi connectivity index (χ0v) is 19.6. The first-order valence-electron chi connectivity index (χ1n) is 9.52. The van der Waals surface area contributed by atoms with Crippen molar-refractivity contribution >= 4 is 56.5 Å². The second-order valence-electron chi connectivity index (χ2n) is 6.90. The zero-order valence-electron chi connectivity index (χ0n) is 17.3. The van der Waals surface area contributed by atoms with Gasteiger partial charge in [0, 0.05) is 5.69 Å². The molecule has 0 aliphatic heterocycles. The van der Waals surface area contributed by atoms with Crippen LogP contribution >= 0.6 is 23.2 Å². The fourth-order valence-electron chi connectivity index (χ4n) is 2.65. The van der Waals surface area contributed by atoms with Gasteiger partial charge in [0.15, 0.2) is 17.7 Å². The van der Waals surface area contributed by atoms with Crippen LogP contribution in [0.3, 0.4) is 0 Å². The Hall–Kier alpha value is -3.21. The quantitative estimate of drug-likeness (QED) is 0.407. The van der Waals surface area contributed by atoms with Crippen LogP contribution in [0.5, 0.6) is 0 Å². The number of sulfonamides is 1. The minimum absolute atomic E-state index is 0.0382. The highest BCUT2D eigenvalue weighted by Crippen LogP contribution is 2.29. The number of amides is 1. The van der Waals surface area contributed by atoms with Crippen molar-refractivity contribution in [2.24, 2.45) is 0 Å². The maximum atomic E-state index is 13.4. The highest BCUT2D eigenvalue weighted by atomic mass is 35.5. The summed E-state index contributed by atoms with van der Waals surface area (Å²) in [6.45, 7) is 1.36. The molecule has 0 saturated heterocycles. The number of carbonyl (C=O) groups excluding carboxylic acids is 2. The Morgan fingerprint density at radius 3 is 2.29 bits per heavy atom. The number of nitrogens with one attached hydrogen (secondary N) is 2. The maximum Gasteiger partial charge on any atom is 0.338 e. The molecule has 34 heavy (non-hydrogen) atoms. The number of halogens is 4. The van der Waals surface area contributed by atoms with E-state index >= 15 is 0 Å². The lowest BCUT2D eigenvalue weighted by molar-refractivity contribution is -0.123. The van der Waals surface area contributed by atoms with Gasteiger partial charge in [0.25, 0.3) is 15.9 Å². The first-order valence-corrected chi connectivity index (χ1v) is 11.8. The van der Waals surface area contributed by atoms with Gasteiger partial charge in [-0.3, -0.25) is 9.52 Å². The van der Waals surface area contributed by atoms with Gasteiger partial charge >= 0.3 is 5.97 Å². The van der Waals surface area contributed by atoms with E-state index < -0.39 is 44.5 Å². The third-order valence-electron chi connectivity index (χ3n) is 4.44. The number of ether oxygens (including phenoxy) is 1. The topological polar surface area (TPSA) is 102 Å². The van der Waals surface area contributed by atoms with Crippen molar-refractivity contribution in [2.45, 2.75) is 17.9 Å². The van der Waals surface area contributed by atoms with Crippen molar-refractivity contribution in [3.05, 3.63) is 87.9 Å². The lowest BCUT2D eigenvalue weighted by Gasteiger charge is -2.15. The second-order valence-corrected chi connectivity index (χ2v) is 9.36. The van der Waals surface area contributed by atoms with E-state index in [0.717, 1.165) is 6.07 Å². The molecule has 0 bridgehead atoms. The molecule has 7 nitrogen and oxygen atoms in total. The molecule has 2 N–H and O–H groups in total. The van der Waals surface area contributed by atoms with Gasteiger partial charge in [-0.2, -0.15) is 0 Å². The first-order chi connectivity index (χ1) is 16.0. The van der Waals surface area contributed by atoms with Crippen LogP contribution in [0, 0.1) is 11.6 Å². The van der Waals surface area contributed by atoms with Crippen molar-refractivity contribution in [2.75, 3.05) is 10.0 Å². The summed E-state index contributed by atoms with van der Waals surface area (Å²) in [6.07, 6.45) is -1.19. The molecule has 0 radical (unpaired) electrons. The fraction of sp³-hybridized carbons (Fsp3) is 0.0909. The normalized spacial score (nSPS) is 12.0. The summed E-state index contributed by atoms with van der Waals surface area (Å²) in [6, 6.07) is 11.9. The number of hydrogen-bond donors (Lipinski definition) is 2. The van der Waals surface area contributed by atoms with E-state index in [0.29, 0.717) is 12.1 Å². The van der Waals surface area contributed by atoms with Crippen LogP contribution in [0.4, 0.5) is 20.2 Å². The van der Waals surface area contributed by atoms with Crippen LogP contribution < -0.4 is 10.0 Å². The highest BCUT2D eigenvalue weighted by molar-refractivity contribution is 7.92. The number of hydrogen-bond acceptors (Lipinski definition) is 5. The van der Waals surface area contributed by atoms with Gasteiger partial charge in [-0.25, -0.2) is 22.0 Å². The highest BCUT2D eigenvalue weighted by Gasteiger charge is 2.21. The molecular formula is C22H16Cl2F2N2O5S. The molecule has 0 saturated carbocycles. The van der Waals surface area contributed by atoms with Crippen LogP contribution in [0.1, 0.15) is 17.3 Å². The Morgan fingerprint density at radius 1 is 0.971 bits per heavy atom. The molecule has 3 rings (SSSR count). The molecular weight excluding hydrogens is 513 g/mol. The molecule has 178 valence electrons. The minimum Gasteiger partial charge on any atom is -0.449 e. The minimum atomic E-state index is -4.20. The summed E-state index contributed by atoms with van der Waals surface area (Å²) >= 11 is 11.9. The van der Waals surface area contributed by atoms with Gasteiger partial charge in [-0.05, 0) is 61.5 Å². The number of esters is 1. The molecule has 0 spiro atoms. The van der Waals surface area contributed by atoms with Gasteiger partial charge in [0.1, 0.15) is 0 Å². The summed E-state index contributed by atoms with van der Waals surface area (Å²) < 4.78 is 58.4. The molecule has 1 atom stereocenters. The van der Waals surface area contributed by atoms with E-state index in [1.165, 1.54) is 37.3 Å². The smallest absolute Gasteiger partial charge is 0.338 e. The standard InChI is InChI=1S/C22H16Cl2F2N2O5S/c1-12(21(29)27-19-4-2-3-16(23)20(19)24)33-22(30)13-5-7-14(8-6-13)28-34(31,32)15-9-10-17(25)18(26)11-15/h2-12,28H,1H3,(H,27,29). The van der Waals surface area contributed by atoms with Gasteiger partial charge in [-0.15, -0.1) is 0 Å². The van der Waals surface area contributed by atoms with Gasteiger partial charge < -0.3 is 10.1 Å². The van der Waals surface area contributed by atoms with Crippen LogP contribution in [0.15, 0.2) is 65.6 Å². The van der Waals surface area contributed by atoms with Crippen LogP contribution in [0.25, 0.3) is 0 Å². The van der Waals surface area contributed by atoms with E-state index in [1.54, 1.807) is 12.1 Å². The summed E-state index contributed by atoms with van der Waals surface area (Å²) in [5.41, 5.74) is 0.346. The Morgan fingerprint density at radius 2 is 1.65 bits per heavy atom. The lowest BCUT2D eigenvalue weighted by atomic mass is 10.2. The van der Waals surface area contributed by atoms with E-state index in [2.05, 4.69) is 10.0 Å². The Labute approximate surface area is 203 Å². The van der Waals surface area contributed by atoms with E-state index in [-0.39, 0.29) is 27.0 Å². The van der Waals surface area contributed by atoms with E-state index in [9.17, 15) is 26.8 Å². The van der Waals surface area contributed by atoms with Crippen molar-refractivity contribution in [1.82, 2.24) is 0 Å². The Balaban J connectivity index is 1.63. The molecule has 0 aliphatic carbocycles. The molecule has 3 aromatic carbocycles. The van der Waals surface area contributed by atoms with Gasteiger partial charge in [0.05, 0.1) is 26.2 Å². The SMILES string of the molecule is CC(OC(=O)c1ccc(NS(=O)(=O)c2ccc(F)c(F)c2)cc1)C(=O)Nc1cccc(Cl)c1Cl. The molecule has 1 amide bonds. The average Bonchev–Trinajstić information content (AvgIpc) is 2.78. The molecule has 0 aromatic heterocycles. The average molecular weight is 529 g/mol.